The van der Waals surface area contributed by atoms with Crippen molar-refractivity contribution in [1.29, 1.82) is 0 Å². The van der Waals surface area contributed by atoms with E-state index >= 15 is 0 Å². The van der Waals surface area contributed by atoms with Crippen molar-refractivity contribution in [3.63, 3.8) is 0 Å². The minimum atomic E-state index is -0.728. The quantitative estimate of drug-likeness (QED) is 0.729. The molecule has 6 nitrogen and oxygen atoms in total. The monoisotopic (exact) mass is 427 g/mol. The van der Waals surface area contributed by atoms with Gasteiger partial charge in [-0.2, -0.15) is 5.10 Å². The SMILES string of the molecule is CCc1ccc(Nc2cnn(C34CC5CC(CC(C(=O)O)(C5)C3)C4)c(=O)c2Cl)cc1. The molecule has 4 bridgehead atoms. The van der Waals surface area contributed by atoms with E-state index in [0.717, 1.165) is 44.2 Å². The standard InChI is InChI=1S/C23H26ClN3O3/c1-2-14-3-5-17(6-4-14)26-18-12-25-27(20(28)19(18)24)23-10-15-7-16(11-23)9-22(8-15,13-23)21(29)30/h3-6,12,15-16,26H,2,7-11,13H2,1H3,(H,29,30). The Morgan fingerprint density at radius 3 is 2.50 bits per heavy atom. The van der Waals surface area contributed by atoms with E-state index in [0.29, 0.717) is 23.9 Å². The molecule has 0 aliphatic heterocycles. The predicted molar refractivity (Wildman–Crippen MR) is 115 cm³/mol. The highest BCUT2D eigenvalue weighted by Gasteiger charge is 2.62. The van der Waals surface area contributed by atoms with Crippen molar-refractivity contribution in [3.8, 4) is 0 Å². The van der Waals surface area contributed by atoms with Crippen LogP contribution in [0.2, 0.25) is 5.02 Å². The van der Waals surface area contributed by atoms with Crippen LogP contribution in [0.3, 0.4) is 0 Å². The Bertz CT molecular complexity index is 1050. The fourth-order valence-electron chi connectivity index (χ4n) is 6.55. The average Bonchev–Trinajstić information content (AvgIpc) is 2.71. The number of nitrogens with zero attached hydrogens (tertiary/aromatic N) is 2. The molecule has 1 aromatic heterocycles. The summed E-state index contributed by atoms with van der Waals surface area (Å²) in [5.41, 5.74) is 0.941. The van der Waals surface area contributed by atoms with Crippen LogP contribution in [0, 0.1) is 17.3 Å². The molecule has 0 amide bonds. The van der Waals surface area contributed by atoms with Crippen molar-refractivity contribution in [3.05, 3.63) is 51.4 Å². The lowest BCUT2D eigenvalue weighted by Crippen LogP contribution is -2.61. The van der Waals surface area contributed by atoms with Crippen LogP contribution < -0.4 is 10.9 Å². The van der Waals surface area contributed by atoms with Crippen LogP contribution in [-0.4, -0.2) is 20.9 Å². The molecule has 4 aliphatic rings. The fourth-order valence-corrected chi connectivity index (χ4v) is 6.73. The number of carboxylic acid groups (broad SMARTS) is 1. The number of rotatable bonds is 5. The molecule has 0 radical (unpaired) electrons. The second kappa shape index (κ2) is 6.84. The molecule has 0 spiro atoms. The van der Waals surface area contributed by atoms with Crippen LogP contribution in [-0.2, 0) is 16.8 Å². The van der Waals surface area contributed by atoms with E-state index in [9.17, 15) is 14.7 Å². The number of hydrogen-bond donors (Lipinski definition) is 2. The Labute approximate surface area is 180 Å². The number of anilines is 2. The molecule has 158 valence electrons. The number of aromatic nitrogens is 2. The molecule has 4 fully saturated rings. The molecule has 4 aliphatic carbocycles. The highest BCUT2D eigenvalue weighted by atomic mass is 35.5. The number of halogens is 1. The Balaban J connectivity index is 1.49. The van der Waals surface area contributed by atoms with E-state index < -0.39 is 16.9 Å². The van der Waals surface area contributed by atoms with Crippen LogP contribution in [0.1, 0.15) is 51.0 Å². The van der Waals surface area contributed by atoms with Gasteiger partial charge in [-0.1, -0.05) is 30.7 Å². The summed E-state index contributed by atoms with van der Waals surface area (Å²) in [4.78, 5) is 25.4. The van der Waals surface area contributed by atoms with Gasteiger partial charge in [0.15, 0.2) is 0 Å². The molecule has 7 heteroatoms. The minimum absolute atomic E-state index is 0.102. The number of carbonyl (C=O) groups is 1. The van der Waals surface area contributed by atoms with Gasteiger partial charge < -0.3 is 10.4 Å². The zero-order valence-electron chi connectivity index (χ0n) is 17.0. The van der Waals surface area contributed by atoms with Crippen molar-refractivity contribution in [2.75, 3.05) is 5.32 Å². The lowest BCUT2D eigenvalue weighted by Gasteiger charge is -2.60. The van der Waals surface area contributed by atoms with Gasteiger partial charge in [-0.25, -0.2) is 4.68 Å². The Hall–Kier alpha value is -2.34. The number of aryl methyl sites for hydroxylation is 1. The van der Waals surface area contributed by atoms with E-state index in [1.54, 1.807) is 6.20 Å². The average molecular weight is 428 g/mol. The summed E-state index contributed by atoms with van der Waals surface area (Å²) in [6, 6.07) is 7.98. The van der Waals surface area contributed by atoms with E-state index in [4.69, 9.17) is 11.6 Å². The van der Waals surface area contributed by atoms with Crippen LogP contribution in [0.4, 0.5) is 11.4 Å². The van der Waals surface area contributed by atoms with Crippen molar-refractivity contribution < 1.29 is 9.90 Å². The second-order valence-corrected chi connectivity index (χ2v) is 9.91. The first-order chi connectivity index (χ1) is 14.3. The second-order valence-electron chi connectivity index (χ2n) is 9.54. The van der Waals surface area contributed by atoms with Crippen LogP contribution in [0.15, 0.2) is 35.3 Å². The number of carboxylic acids is 1. The molecular weight excluding hydrogens is 402 g/mol. The maximum absolute atomic E-state index is 13.3. The molecule has 2 N–H and O–H groups in total. The highest BCUT2D eigenvalue weighted by molar-refractivity contribution is 6.33. The topological polar surface area (TPSA) is 84.2 Å². The number of nitrogens with one attached hydrogen (secondary N) is 1. The lowest BCUT2D eigenvalue weighted by atomic mass is 9.47. The summed E-state index contributed by atoms with van der Waals surface area (Å²) >= 11 is 6.49. The van der Waals surface area contributed by atoms with Gasteiger partial charge in [-0.3, -0.25) is 9.59 Å². The molecule has 6 rings (SSSR count). The molecule has 2 unspecified atom stereocenters. The summed E-state index contributed by atoms with van der Waals surface area (Å²) in [5, 5.41) is 17.8. The Kier molecular flexibility index (Phi) is 4.47. The van der Waals surface area contributed by atoms with Gasteiger partial charge in [0.05, 0.1) is 22.8 Å². The third kappa shape index (κ3) is 2.96. The van der Waals surface area contributed by atoms with E-state index in [2.05, 4.69) is 17.3 Å². The minimum Gasteiger partial charge on any atom is -0.481 e. The van der Waals surface area contributed by atoms with Gasteiger partial charge in [-0.15, -0.1) is 0 Å². The number of benzene rings is 1. The third-order valence-electron chi connectivity index (χ3n) is 7.49. The predicted octanol–water partition coefficient (Wildman–Crippen LogP) is 4.58. The maximum atomic E-state index is 13.3. The third-order valence-corrected chi connectivity index (χ3v) is 7.86. The summed E-state index contributed by atoms with van der Waals surface area (Å²) < 4.78 is 1.51. The maximum Gasteiger partial charge on any atom is 0.309 e. The molecule has 2 aromatic rings. The normalized spacial score (nSPS) is 31.7. The Morgan fingerprint density at radius 1 is 1.23 bits per heavy atom. The zero-order valence-corrected chi connectivity index (χ0v) is 17.8. The lowest BCUT2D eigenvalue weighted by molar-refractivity contribution is -0.173. The number of hydrogen-bond acceptors (Lipinski definition) is 4. The first-order valence-electron chi connectivity index (χ1n) is 10.7. The zero-order chi connectivity index (χ0) is 21.1. The van der Waals surface area contributed by atoms with Crippen molar-refractivity contribution in [1.82, 2.24) is 9.78 Å². The molecule has 0 saturated heterocycles. The van der Waals surface area contributed by atoms with Crippen molar-refractivity contribution in [2.45, 2.75) is 57.4 Å². The number of aliphatic carboxylic acids is 1. The molecule has 4 saturated carbocycles. The summed E-state index contributed by atoms with van der Waals surface area (Å²) in [5.74, 6) is -0.0525. The van der Waals surface area contributed by atoms with E-state index in [1.807, 2.05) is 24.3 Å². The summed E-state index contributed by atoms with van der Waals surface area (Å²) in [6.07, 6.45) is 7.15. The van der Waals surface area contributed by atoms with Gasteiger partial charge in [0.2, 0.25) is 0 Å². The van der Waals surface area contributed by atoms with Crippen LogP contribution >= 0.6 is 11.6 Å². The van der Waals surface area contributed by atoms with Crippen molar-refractivity contribution in [2.24, 2.45) is 17.3 Å². The van der Waals surface area contributed by atoms with Gasteiger partial charge in [-0.05, 0) is 74.5 Å². The van der Waals surface area contributed by atoms with Gasteiger partial charge in [0.1, 0.15) is 5.02 Å². The van der Waals surface area contributed by atoms with Crippen LogP contribution in [0.5, 0.6) is 0 Å². The first kappa shape index (κ1) is 19.6. The first-order valence-corrected chi connectivity index (χ1v) is 11.1. The van der Waals surface area contributed by atoms with Gasteiger partial charge in [0.25, 0.3) is 5.56 Å². The molecule has 1 aromatic carbocycles. The summed E-state index contributed by atoms with van der Waals surface area (Å²) in [6.45, 7) is 2.10. The van der Waals surface area contributed by atoms with Crippen molar-refractivity contribution >= 4 is 28.9 Å². The van der Waals surface area contributed by atoms with E-state index in [-0.39, 0.29) is 10.6 Å². The van der Waals surface area contributed by atoms with Crippen LogP contribution in [0.25, 0.3) is 0 Å². The molecular formula is C23H26ClN3O3. The highest BCUT2D eigenvalue weighted by Crippen LogP contribution is 2.63. The van der Waals surface area contributed by atoms with E-state index in [1.165, 1.54) is 10.2 Å². The smallest absolute Gasteiger partial charge is 0.309 e. The fraction of sp³-hybridized carbons (Fsp3) is 0.522. The summed E-state index contributed by atoms with van der Waals surface area (Å²) in [7, 11) is 0. The molecule has 2 atom stereocenters. The molecule has 1 heterocycles. The van der Waals surface area contributed by atoms with Gasteiger partial charge in [0, 0.05) is 5.69 Å². The largest absolute Gasteiger partial charge is 0.481 e. The van der Waals surface area contributed by atoms with Gasteiger partial charge >= 0.3 is 5.97 Å². The Morgan fingerprint density at radius 2 is 1.90 bits per heavy atom. The molecule has 30 heavy (non-hydrogen) atoms.